The van der Waals surface area contributed by atoms with Gasteiger partial charge < -0.3 is 20.1 Å². The van der Waals surface area contributed by atoms with Crippen molar-refractivity contribution in [1.29, 1.82) is 0 Å². The number of ether oxygens (including phenoxy) is 2. The molecule has 1 aliphatic rings. The summed E-state index contributed by atoms with van der Waals surface area (Å²) >= 11 is 6.13. The molecule has 1 fully saturated rings. The summed E-state index contributed by atoms with van der Waals surface area (Å²) in [6.45, 7) is 6.19. The highest BCUT2D eigenvalue weighted by atomic mass is 35.5. The molecular weight excluding hydrogens is 556 g/mol. The molecule has 0 saturated carbocycles. The summed E-state index contributed by atoms with van der Waals surface area (Å²) in [4.78, 5) is 63.7. The number of esters is 1. The highest BCUT2D eigenvalue weighted by Gasteiger charge is 2.35. The molecule has 0 aliphatic carbocycles. The van der Waals surface area contributed by atoms with Gasteiger partial charge in [-0.1, -0.05) is 24.6 Å². The largest absolute Gasteiger partial charge is 0.496 e. The Morgan fingerprint density at radius 3 is 2.54 bits per heavy atom. The van der Waals surface area contributed by atoms with Crippen molar-refractivity contribution in [3.63, 3.8) is 0 Å². The summed E-state index contributed by atoms with van der Waals surface area (Å²) in [6.07, 6.45) is 0.453. The number of benzene rings is 2. The van der Waals surface area contributed by atoms with Crippen LogP contribution in [0.3, 0.4) is 0 Å². The van der Waals surface area contributed by atoms with E-state index in [1.807, 2.05) is 0 Å². The van der Waals surface area contributed by atoms with Crippen molar-refractivity contribution in [3.8, 4) is 5.75 Å². The third kappa shape index (κ3) is 7.94. The molecule has 12 nitrogen and oxygen atoms in total. The first-order valence-corrected chi connectivity index (χ1v) is 13.3. The van der Waals surface area contributed by atoms with Crippen LogP contribution in [-0.4, -0.2) is 59.4 Å². The fourth-order valence-electron chi connectivity index (χ4n) is 4.40. The van der Waals surface area contributed by atoms with Crippen LogP contribution < -0.4 is 15.4 Å². The number of methoxy groups -OCH3 is 1. The van der Waals surface area contributed by atoms with E-state index in [1.54, 1.807) is 45.9 Å². The molecule has 0 radical (unpaired) electrons. The average Bonchev–Trinajstić information content (AvgIpc) is 3.04. The highest BCUT2D eigenvalue weighted by molar-refractivity contribution is 6.30. The Morgan fingerprint density at radius 2 is 1.93 bits per heavy atom. The predicted molar refractivity (Wildman–Crippen MR) is 150 cm³/mol. The van der Waals surface area contributed by atoms with Crippen LogP contribution in [0, 0.1) is 16.0 Å². The Bertz CT molecular complexity index is 1360. The summed E-state index contributed by atoms with van der Waals surface area (Å²) in [5.74, 6) is -2.22. The van der Waals surface area contributed by atoms with E-state index in [-0.39, 0.29) is 18.5 Å². The minimum atomic E-state index is -0.856. The van der Waals surface area contributed by atoms with Gasteiger partial charge in [0.1, 0.15) is 23.5 Å². The van der Waals surface area contributed by atoms with Crippen LogP contribution in [0.1, 0.15) is 61.6 Å². The number of halogens is 1. The number of imide groups is 1. The monoisotopic (exact) mass is 588 g/mol. The normalized spacial score (nSPS) is 16.3. The van der Waals surface area contributed by atoms with Gasteiger partial charge in [0.2, 0.25) is 11.8 Å². The van der Waals surface area contributed by atoms with Crippen LogP contribution in [0.5, 0.6) is 5.75 Å². The molecule has 0 aromatic heterocycles. The number of nitro groups is 1. The lowest BCUT2D eigenvalue weighted by Gasteiger charge is -2.25. The maximum atomic E-state index is 13.5. The summed E-state index contributed by atoms with van der Waals surface area (Å²) in [6, 6.07) is 7.32. The SMILES string of the molecule is CC[C@@H](NC(=O)N1CC(=O)NC[C@H](Cc2cc(Cl)ccc2OC)C1=O)c1ccc(C(=O)OC(C)(C)C)c([N+](=O)[O-])c1. The fraction of sp³-hybridized carbons (Fsp3) is 0.429. The predicted octanol–water partition coefficient (Wildman–Crippen LogP) is 4.19. The van der Waals surface area contributed by atoms with E-state index in [1.165, 1.54) is 25.3 Å². The lowest BCUT2D eigenvalue weighted by atomic mass is 9.97. The summed E-state index contributed by atoms with van der Waals surface area (Å²) in [5, 5.41) is 17.6. The molecular formula is C28H33ClN4O8. The van der Waals surface area contributed by atoms with Crippen molar-refractivity contribution >= 4 is 41.1 Å². The van der Waals surface area contributed by atoms with Gasteiger partial charge in [-0.25, -0.2) is 9.59 Å². The maximum absolute atomic E-state index is 13.5. The molecule has 4 amide bonds. The van der Waals surface area contributed by atoms with E-state index >= 15 is 0 Å². The number of rotatable bonds is 8. The van der Waals surface area contributed by atoms with Gasteiger partial charge in [-0.3, -0.25) is 24.6 Å². The molecule has 2 aromatic carbocycles. The fourth-order valence-corrected chi connectivity index (χ4v) is 4.59. The van der Waals surface area contributed by atoms with E-state index in [9.17, 15) is 29.3 Å². The molecule has 2 aromatic rings. The Kier molecular flexibility index (Phi) is 9.92. The zero-order chi connectivity index (χ0) is 30.5. The van der Waals surface area contributed by atoms with E-state index in [2.05, 4.69) is 10.6 Å². The van der Waals surface area contributed by atoms with Crippen LogP contribution in [0.15, 0.2) is 36.4 Å². The second-order valence-electron chi connectivity index (χ2n) is 10.5. The van der Waals surface area contributed by atoms with Crippen LogP contribution in [-0.2, 0) is 20.7 Å². The number of urea groups is 1. The van der Waals surface area contributed by atoms with Gasteiger partial charge in [0.05, 0.1) is 24.0 Å². The number of hydrogen-bond donors (Lipinski definition) is 2. The number of nitro benzene ring substituents is 1. The van der Waals surface area contributed by atoms with Gasteiger partial charge in [-0.05, 0) is 69.0 Å². The van der Waals surface area contributed by atoms with Crippen LogP contribution >= 0.6 is 11.6 Å². The zero-order valence-corrected chi connectivity index (χ0v) is 24.2. The Hall–Kier alpha value is -4.19. The number of hydrogen-bond acceptors (Lipinski definition) is 8. The molecule has 0 spiro atoms. The second kappa shape index (κ2) is 13.0. The van der Waals surface area contributed by atoms with Crippen molar-refractivity contribution in [1.82, 2.24) is 15.5 Å². The van der Waals surface area contributed by atoms with Crippen molar-refractivity contribution in [2.24, 2.45) is 5.92 Å². The minimum absolute atomic E-state index is 0.00659. The molecule has 2 N–H and O–H groups in total. The molecule has 1 aliphatic heterocycles. The standard InChI is InChI=1S/C28H33ClN4O8/c1-6-21(16-7-9-20(22(13-16)33(38)39)26(36)41-28(2,3)4)31-27(37)32-15-24(34)30-14-18(25(32)35)11-17-12-19(29)8-10-23(17)40-5/h7-10,12-13,18,21H,6,11,14-15H2,1-5H3,(H,30,34)(H,31,37)/t18-,21+/m0/s1. The summed E-state index contributed by atoms with van der Waals surface area (Å²) < 4.78 is 10.6. The molecule has 0 unspecified atom stereocenters. The smallest absolute Gasteiger partial charge is 0.345 e. The summed E-state index contributed by atoms with van der Waals surface area (Å²) in [5.41, 5.74) is -0.588. The van der Waals surface area contributed by atoms with Crippen LogP contribution in [0.2, 0.25) is 5.02 Å². The Labute approximate surface area is 242 Å². The van der Waals surface area contributed by atoms with Gasteiger partial charge >= 0.3 is 12.0 Å². The number of carbonyl (C=O) groups excluding carboxylic acids is 4. The first-order valence-electron chi connectivity index (χ1n) is 13.0. The van der Waals surface area contributed by atoms with Gasteiger partial charge in [0.15, 0.2) is 0 Å². The molecule has 0 bridgehead atoms. The zero-order valence-electron chi connectivity index (χ0n) is 23.5. The van der Waals surface area contributed by atoms with Crippen LogP contribution in [0.4, 0.5) is 10.5 Å². The topological polar surface area (TPSA) is 157 Å². The number of carbonyl (C=O) groups is 4. The molecule has 220 valence electrons. The Balaban J connectivity index is 1.85. The highest BCUT2D eigenvalue weighted by Crippen LogP contribution is 2.29. The number of amides is 4. The second-order valence-corrected chi connectivity index (χ2v) is 11.0. The molecule has 13 heteroatoms. The molecule has 1 heterocycles. The van der Waals surface area contributed by atoms with Gasteiger partial charge in [-0.15, -0.1) is 0 Å². The Morgan fingerprint density at radius 1 is 1.22 bits per heavy atom. The maximum Gasteiger partial charge on any atom is 0.345 e. The quantitative estimate of drug-likeness (QED) is 0.264. The third-order valence-electron chi connectivity index (χ3n) is 6.36. The summed E-state index contributed by atoms with van der Waals surface area (Å²) in [7, 11) is 1.48. The van der Waals surface area contributed by atoms with Gasteiger partial charge in [-0.2, -0.15) is 0 Å². The molecule has 1 saturated heterocycles. The number of nitrogens with one attached hydrogen (secondary N) is 2. The third-order valence-corrected chi connectivity index (χ3v) is 6.60. The van der Waals surface area contributed by atoms with Crippen molar-refractivity contribution in [2.45, 2.75) is 52.2 Å². The first-order chi connectivity index (χ1) is 19.2. The van der Waals surface area contributed by atoms with E-state index in [0.717, 1.165) is 4.90 Å². The van der Waals surface area contributed by atoms with E-state index in [4.69, 9.17) is 21.1 Å². The first kappa shape index (κ1) is 31.3. The van der Waals surface area contributed by atoms with Crippen molar-refractivity contribution < 1.29 is 33.6 Å². The molecule has 41 heavy (non-hydrogen) atoms. The average molecular weight is 589 g/mol. The molecule has 3 rings (SSSR count). The van der Waals surface area contributed by atoms with E-state index in [0.29, 0.717) is 28.3 Å². The van der Waals surface area contributed by atoms with Crippen molar-refractivity contribution in [3.05, 3.63) is 68.2 Å². The number of nitrogens with zero attached hydrogens (tertiary/aromatic N) is 2. The lowest BCUT2D eigenvalue weighted by molar-refractivity contribution is -0.385. The molecule has 2 atom stereocenters. The van der Waals surface area contributed by atoms with Crippen LogP contribution in [0.25, 0.3) is 0 Å². The van der Waals surface area contributed by atoms with Crippen molar-refractivity contribution in [2.75, 3.05) is 20.2 Å². The minimum Gasteiger partial charge on any atom is -0.496 e. The van der Waals surface area contributed by atoms with E-state index < -0.39 is 58.5 Å². The van der Waals surface area contributed by atoms with Gasteiger partial charge in [0, 0.05) is 17.6 Å². The lowest BCUT2D eigenvalue weighted by Crippen LogP contribution is -2.48. The van der Waals surface area contributed by atoms with Gasteiger partial charge in [0.25, 0.3) is 5.69 Å².